The highest BCUT2D eigenvalue weighted by molar-refractivity contribution is 5.89. The highest BCUT2D eigenvalue weighted by atomic mass is 16.6. The summed E-state index contributed by atoms with van der Waals surface area (Å²) in [4.78, 5) is 48.6. The SMILES string of the molecule is C=CCOC(=O)NCCCC[C@H](NC(=O)[C@H](Cc1ccccc1)NC(=O)OCc1ccccc1)C(=O)O.Nc1ccc(CO)cc1. The molecular weight excluding hydrogens is 592 g/mol. The maximum atomic E-state index is 13.0. The summed E-state index contributed by atoms with van der Waals surface area (Å²) in [5.41, 5.74) is 8.59. The number of ether oxygens (including phenoxy) is 2. The van der Waals surface area contributed by atoms with Crippen LogP contribution in [-0.4, -0.2) is 59.5 Å². The van der Waals surface area contributed by atoms with Crippen LogP contribution < -0.4 is 21.7 Å². The van der Waals surface area contributed by atoms with Gasteiger partial charge in [-0.2, -0.15) is 0 Å². The van der Waals surface area contributed by atoms with E-state index in [9.17, 15) is 24.3 Å². The van der Waals surface area contributed by atoms with E-state index in [-0.39, 0.29) is 32.7 Å². The monoisotopic (exact) mass is 634 g/mol. The number of nitrogens with one attached hydrogen (secondary N) is 3. The van der Waals surface area contributed by atoms with Gasteiger partial charge in [0.05, 0.1) is 6.61 Å². The number of hydrogen-bond donors (Lipinski definition) is 6. The molecule has 0 saturated heterocycles. The third-order valence-electron chi connectivity index (χ3n) is 6.40. The predicted molar refractivity (Wildman–Crippen MR) is 173 cm³/mol. The quantitative estimate of drug-likeness (QED) is 0.0770. The van der Waals surface area contributed by atoms with Crippen molar-refractivity contribution in [3.63, 3.8) is 0 Å². The summed E-state index contributed by atoms with van der Waals surface area (Å²) in [5, 5.41) is 25.8. The van der Waals surface area contributed by atoms with Crippen LogP contribution in [-0.2, 0) is 38.7 Å². The number of alkyl carbamates (subject to hydrolysis) is 2. The molecule has 0 saturated carbocycles. The summed E-state index contributed by atoms with van der Waals surface area (Å²) >= 11 is 0. The molecular formula is C34H42N4O8. The van der Waals surface area contributed by atoms with E-state index in [4.69, 9.17) is 20.3 Å². The molecule has 3 aromatic rings. The van der Waals surface area contributed by atoms with Crippen LogP contribution in [0.15, 0.2) is 97.6 Å². The Hall–Kier alpha value is -5.36. The number of nitrogens with two attached hydrogens (primary N) is 1. The lowest BCUT2D eigenvalue weighted by atomic mass is 10.0. The van der Waals surface area contributed by atoms with Crippen LogP contribution >= 0.6 is 0 Å². The van der Waals surface area contributed by atoms with E-state index in [0.29, 0.717) is 19.4 Å². The number of aliphatic hydroxyl groups excluding tert-OH is 1. The highest BCUT2D eigenvalue weighted by Crippen LogP contribution is 2.08. The standard InChI is InChI=1S/C27H33N3O7.C7H9NO/c1-2-17-36-26(34)28-16-10-9-15-22(25(32)33)29-24(31)23(18-20-11-5-3-6-12-20)30-27(35)37-19-21-13-7-4-8-14-21;8-7-3-1-6(5-9)2-4-7/h2-8,11-14,22-23H,1,9-10,15-19H2,(H,28,34)(H,29,31)(H,30,35)(H,32,33);1-4,9H,5,8H2/t22-,23-;/m0./s1. The van der Waals surface area contributed by atoms with Crippen molar-refractivity contribution in [3.8, 4) is 0 Å². The van der Waals surface area contributed by atoms with Gasteiger partial charge in [0.1, 0.15) is 25.3 Å². The Kier molecular flexibility index (Phi) is 17.1. The number of unbranched alkanes of at least 4 members (excludes halogenated alkanes) is 1. The Balaban J connectivity index is 0.000000700. The number of carboxylic acid groups (broad SMARTS) is 1. The largest absolute Gasteiger partial charge is 0.480 e. The first-order valence-corrected chi connectivity index (χ1v) is 14.7. The first-order valence-electron chi connectivity index (χ1n) is 14.7. The number of aliphatic hydroxyl groups is 1. The van der Waals surface area contributed by atoms with E-state index in [1.807, 2.05) is 24.3 Å². The lowest BCUT2D eigenvalue weighted by Gasteiger charge is -2.21. The Morgan fingerprint density at radius 1 is 0.783 bits per heavy atom. The fourth-order valence-corrected chi connectivity index (χ4v) is 3.97. The molecule has 3 rings (SSSR count). The zero-order valence-corrected chi connectivity index (χ0v) is 25.6. The molecule has 0 heterocycles. The molecule has 0 aliphatic carbocycles. The van der Waals surface area contributed by atoms with Gasteiger partial charge < -0.3 is 41.4 Å². The molecule has 0 aromatic heterocycles. The van der Waals surface area contributed by atoms with E-state index in [2.05, 4.69) is 22.5 Å². The van der Waals surface area contributed by atoms with Crippen LogP contribution in [0.4, 0.5) is 15.3 Å². The molecule has 0 bridgehead atoms. The molecule has 3 amide bonds. The number of anilines is 1. The zero-order valence-electron chi connectivity index (χ0n) is 25.6. The van der Waals surface area contributed by atoms with Crippen LogP contribution in [0.5, 0.6) is 0 Å². The smallest absolute Gasteiger partial charge is 0.408 e. The Labute approximate surface area is 268 Å². The van der Waals surface area contributed by atoms with Crippen molar-refractivity contribution in [1.82, 2.24) is 16.0 Å². The first kappa shape index (κ1) is 36.8. The third-order valence-corrected chi connectivity index (χ3v) is 6.40. The Morgan fingerprint density at radius 2 is 1.41 bits per heavy atom. The van der Waals surface area contributed by atoms with Gasteiger partial charge in [-0.1, -0.05) is 85.5 Å². The maximum Gasteiger partial charge on any atom is 0.408 e. The van der Waals surface area contributed by atoms with E-state index in [1.165, 1.54) is 6.08 Å². The van der Waals surface area contributed by atoms with Crippen LogP contribution in [0.25, 0.3) is 0 Å². The summed E-state index contributed by atoms with van der Waals surface area (Å²) < 4.78 is 10.0. The second-order valence-corrected chi connectivity index (χ2v) is 10.1. The van der Waals surface area contributed by atoms with E-state index < -0.39 is 36.1 Å². The normalized spacial score (nSPS) is 11.4. The molecule has 2 atom stereocenters. The van der Waals surface area contributed by atoms with Crippen molar-refractivity contribution >= 4 is 29.8 Å². The highest BCUT2D eigenvalue weighted by Gasteiger charge is 2.27. The minimum absolute atomic E-state index is 0.0271. The van der Waals surface area contributed by atoms with Gasteiger partial charge in [0, 0.05) is 18.7 Å². The van der Waals surface area contributed by atoms with Crippen molar-refractivity contribution in [1.29, 1.82) is 0 Å². The summed E-state index contributed by atoms with van der Waals surface area (Å²) in [7, 11) is 0. The van der Waals surface area contributed by atoms with Gasteiger partial charge in [0.2, 0.25) is 5.91 Å². The lowest BCUT2D eigenvalue weighted by molar-refractivity contribution is -0.142. The molecule has 0 spiro atoms. The van der Waals surface area contributed by atoms with Gasteiger partial charge in [0.25, 0.3) is 0 Å². The molecule has 3 aromatic carbocycles. The molecule has 0 radical (unpaired) electrons. The van der Waals surface area contributed by atoms with Crippen molar-refractivity contribution in [3.05, 3.63) is 114 Å². The molecule has 0 aliphatic heterocycles. The fraction of sp³-hybridized carbons (Fsp3) is 0.294. The summed E-state index contributed by atoms with van der Waals surface area (Å²) in [6.07, 6.45) is 1.27. The number of aliphatic carboxylic acids is 1. The van der Waals surface area contributed by atoms with Crippen LogP contribution in [0.3, 0.4) is 0 Å². The molecule has 12 nitrogen and oxygen atoms in total. The molecule has 0 unspecified atom stereocenters. The molecule has 7 N–H and O–H groups in total. The van der Waals surface area contributed by atoms with Crippen molar-refractivity contribution < 1.29 is 38.9 Å². The van der Waals surface area contributed by atoms with Crippen molar-refractivity contribution in [2.24, 2.45) is 0 Å². The lowest BCUT2D eigenvalue weighted by Crippen LogP contribution is -2.52. The van der Waals surface area contributed by atoms with Crippen LogP contribution in [0, 0.1) is 0 Å². The van der Waals surface area contributed by atoms with Crippen molar-refractivity contribution in [2.45, 2.75) is 51.0 Å². The van der Waals surface area contributed by atoms with Gasteiger partial charge in [0.15, 0.2) is 0 Å². The summed E-state index contributed by atoms with van der Waals surface area (Å²) in [5.74, 6) is -1.84. The number of carboxylic acids is 1. The number of hydrogen-bond acceptors (Lipinski definition) is 8. The number of benzene rings is 3. The van der Waals surface area contributed by atoms with E-state index >= 15 is 0 Å². The first-order chi connectivity index (χ1) is 22.2. The number of rotatable bonds is 16. The van der Waals surface area contributed by atoms with Crippen molar-refractivity contribution in [2.75, 3.05) is 18.9 Å². The molecule has 12 heteroatoms. The zero-order chi connectivity index (χ0) is 33.6. The number of amides is 3. The molecule has 0 aliphatic rings. The maximum absolute atomic E-state index is 13.0. The predicted octanol–water partition coefficient (Wildman–Crippen LogP) is 3.94. The van der Waals surface area contributed by atoms with E-state index in [1.54, 1.807) is 60.7 Å². The minimum Gasteiger partial charge on any atom is -0.480 e. The van der Waals surface area contributed by atoms with Gasteiger partial charge in [-0.05, 0) is 48.1 Å². The number of carbonyl (C=O) groups excluding carboxylic acids is 3. The van der Waals surface area contributed by atoms with Gasteiger partial charge in [-0.25, -0.2) is 14.4 Å². The number of carbonyl (C=O) groups is 4. The van der Waals surface area contributed by atoms with Gasteiger partial charge in [-0.15, -0.1) is 0 Å². The molecule has 0 fully saturated rings. The molecule has 246 valence electrons. The Bertz CT molecular complexity index is 1350. The van der Waals surface area contributed by atoms with Crippen LogP contribution in [0.1, 0.15) is 36.0 Å². The fourth-order valence-electron chi connectivity index (χ4n) is 3.97. The summed E-state index contributed by atoms with van der Waals surface area (Å²) in [6, 6.07) is 23.1. The van der Waals surface area contributed by atoms with Crippen LogP contribution in [0.2, 0.25) is 0 Å². The van der Waals surface area contributed by atoms with E-state index in [0.717, 1.165) is 22.4 Å². The minimum atomic E-state index is -1.20. The third kappa shape index (κ3) is 15.4. The Morgan fingerprint density at radius 3 is 2.00 bits per heavy atom. The second kappa shape index (κ2) is 21.4. The average Bonchev–Trinajstić information content (AvgIpc) is 3.06. The summed E-state index contributed by atoms with van der Waals surface area (Å²) in [6.45, 7) is 3.95. The molecule has 46 heavy (non-hydrogen) atoms. The van der Waals surface area contributed by atoms with Gasteiger partial charge in [-0.3, -0.25) is 4.79 Å². The topological polar surface area (TPSA) is 189 Å². The number of nitrogen functional groups attached to an aromatic ring is 1. The van der Waals surface area contributed by atoms with Gasteiger partial charge >= 0.3 is 18.2 Å². The second-order valence-electron chi connectivity index (χ2n) is 10.1. The average molecular weight is 635 g/mol.